The van der Waals surface area contributed by atoms with Crippen LogP contribution in [0.2, 0.25) is 0 Å². The predicted octanol–water partition coefficient (Wildman–Crippen LogP) is 3.37. The van der Waals surface area contributed by atoms with Crippen LogP contribution in [0.3, 0.4) is 0 Å². The normalized spacial score (nSPS) is 19.4. The molecule has 0 aromatic heterocycles. The Labute approximate surface area is 286 Å². The third kappa shape index (κ3) is 10.6. The third-order valence-electron chi connectivity index (χ3n) is 8.20. The van der Waals surface area contributed by atoms with Crippen molar-refractivity contribution < 1.29 is 42.6 Å². The van der Waals surface area contributed by atoms with Gasteiger partial charge in [-0.15, -0.1) is 11.6 Å². The molecule has 1 heterocycles. The van der Waals surface area contributed by atoms with E-state index in [1.165, 1.54) is 6.92 Å². The Morgan fingerprint density at radius 1 is 0.958 bits per heavy atom. The predicted molar refractivity (Wildman–Crippen MR) is 180 cm³/mol. The number of hydrogen-bond donors (Lipinski definition) is 4. The molecule has 1 aliphatic rings. The van der Waals surface area contributed by atoms with Crippen LogP contribution in [0, 0.1) is 0 Å². The van der Waals surface area contributed by atoms with Crippen LogP contribution in [0.5, 0.6) is 0 Å². The van der Waals surface area contributed by atoms with Crippen molar-refractivity contribution in [2.45, 2.75) is 87.9 Å². The molecule has 0 bridgehead atoms. The van der Waals surface area contributed by atoms with Crippen LogP contribution in [-0.4, -0.2) is 95.4 Å². The lowest BCUT2D eigenvalue weighted by Crippen LogP contribution is -2.60. The average molecular weight is 709 g/mol. The van der Waals surface area contributed by atoms with E-state index < -0.39 is 66.8 Å². The number of nitrogens with one attached hydrogen (secondary N) is 3. The van der Waals surface area contributed by atoms with E-state index >= 15 is 0 Å². The molecule has 4 N–H and O–H groups in total. The highest BCUT2D eigenvalue weighted by molar-refractivity contribution is 7.54. The van der Waals surface area contributed by atoms with E-state index in [1.54, 1.807) is 60.7 Å². The molecule has 2 aromatic rings. The minimum Gasteiger partial charge on any atom is -0.445 e. The smallest absolute Gasteiger partial charge is 0.408 e. The van der Waals surface area contributed by atoms with Gasteiger partial charge in [-0.3, -0.25) is 29.2 Å². The molecule has 1 fully saturated rings. The zero-order valence-corrected chi connectivity index (χ0v) is 29.7. The van der Waals surface area contributed by atoms with Gasteiger partial charge in [-0.2, -0.15) is 0 Å². The van der Waals surface area contributed by atoms with E-state index in [0.717, 1.165) is 14.2 Å². The summed E-state index contributed by atoms with van der Waals surface area (Å²) >= 11 is 6.36. The highest BCUT2D eigenvalue weighted by Crippen LogP contribution is 2.52. The van der Waals surface area contributed by atoms with Crippen molar-refractivity contribution in [3.05, 3.63) is 71.8 Å². The van der Waals surface area contributed by atoms with Gasteiger partial charge in [0.05, 0.1) is 17.7 Å². The van der Waals surface area contributed by atoms with Gasteiger partial charge in [0.2, 0.25) is 11.8 Å². The van der Waals surface area contributed by atoms with Crippen LogP contribution in [0.1, 0.15) is 45.2 Å². The first-order valence-electron chi connectivity index (χ1n) is 15.6. The van der Waals surface area contributed by atoms with E-state index in [1.807, 2.05) is 25.7 Å². The van der Waals surface area contributed by atoms with E-state index in [4.69, 9.17) is 25.4 Å². The number of benzene rings is 2. The van der Waals surface area contributed by atoms with Crippen molar-refractivity contribution in [2.75, 3.05) is 20.8 Å². The molecule has 0 saturated carbocycles. The maximum absolute atomic E-state index is 13.9. The van der Waals surface area contributed by atoms with Gasteiger partial charge in [-0.25, -0.2) is 4.79 Å². The van der Waals surface area contributed by atoms with Crippen LogP contribution >= 0.6 is 19.2 Å². The Morgan fingerprint density at radius 2 is 1.52 bits per heavy atom. The number of aliphatic hydroxyl groups is 1. The first kappa shape index (κ1) is 39.1. The molecule has 1 saturated heterocycles. The van der Waals surface area contributed by atoms with Gasteiger partial charge in [0.1, 0.15) is 12.6 Å². The van der Waals surface area contributed by atoms with Crippen molar-refractivity contribution in [1.29, 1.82) is 0 Å². The van der Waals surface area contributed by atoms with Crippen molar-refractivity contribution in [2.24, 2.45) is 0 Å². The second-order valence-corrected chi connectivity index (χ2v) is 15.8. The Hall–Kier alpha value is -3.32. The fourth-order valence-corrected chi connectivity index (χ4v) is 7.21. The molecule has 48 heavy (non-hydrogen) atoms. The number of imide groups is 1. The maximum Gasteiger partial charge on any atom is 0.408 e. The molecule has 2 aromatic carbocycles. The zero-order valence-electron chi connectivity index (χ0n) is 28.1. The lowest BCUT2D eigenvalue weighted by Gasteiger charge is -2.36. The molecule has 15 heteroatoms. The molecule has 1 aliphatic heterocycles. The summed E-state index contributed by atoms with van der Waals surface area (Å²) in [4.78, 5) is 55.3. The number of rotatable bonds is 14. The number of hydrogen-bond acceptors (Lipinski definition) is 10. The fraction of sp³-hybridized carbons (Fsp3) is 0.515. The van der Waals surface area contributed by atoms with Gasteiger partial charge in [0.15, 0.2) is 6.10 Å². The van der Waals surface area contributed by atoms with E-state index in [-0.39, 0.29) is 18.4 Å². The van der Waals surface area contributed by atoms with Crippen LogP contribution in [-0.2, 0) is 45.8 Å². The fourth-order valence-electron chi connectivity index (χ4n) is 5.50. The van der Waals surface area contributed by atoms with Gasteiger partial charge in [0, 0.05) is 31.7 Å². The largest absolute Gasteiger partial charge is 0.445 e. The van der Waals surface area contributed by atoms with Crippen LogP contribution < -0.4 is 16.0 Å². The second-order valence-electron chi connectivity index (χ2n) is 12.6. The molecule has 3 rings (SSSR count). The number of nitrogens with zero attached hydrogens (tertiary/aromatic N) is 1. The number of carbonyl (C=O) groups excluding carboxylic acids is 4. The minimum absolute atomic E-state index is 0.0393. The average Bonchev–Trinajstić information content (AvgIpc) is 3.48. The summed E-state index contributed by atoms with van der Waals surface area (Å²) < 4.78 is 28.9. The molecule has 0 aliphatic carbocycles. The highest BCUT2D eigenvalue weighted by atomic mass is 35.5. The zero-order chi connectivity index (χ0) is 35.6. The first-order chi connectivity index (χ1) is 22.6. The number of aliphatic hydroxyl groups excluding tert-OH is 1. The Kier molecular flexibility index (Phi) is 14.2. The van der Waals surface area contributed by atoms with Crippen molar-refractivity contribution in [3.8, 4) is 0 Å². The van der Waals surface area contributed by atoms with Gasteiger partial charge in [-0.1, -0.05) is 60.7 Å². The summed E-state index contributed by atoms with van der Waals surface area (Å²) in [5.74, 6) is -2.57. The van der Waals surface area contributed by atoms with Gasteiger partial charge in [-0.05, 0) is 51.7 Å². The van der Waals surface area contributed by atoms with E-state index in [0.29, 0.717) is 24.1 Å². The minimum atomic E-state index is -3.96. The Bertz CT molecular complexity index is 1440. The Morgan fingerprint density at radius 3 is 2.06 bits per heavy atom. The molecule has 4 amide bonds. The van der Waals surface area contributed by atoms with E-state index in [9.17, 15) is 28.8 Å². The summed E-state index contributed by atoms with van der Waals surface area (Å²) in [7, 11) is -1.67. The topological polar surface area (TPSA) is 173 Å². The summed E-state index contributed by atoms with van der Waals surface area (Å²) in [5.41, 5.74) is -0.310. The molecule has 6 atom stereocenters. The number of carbonyl (C=O) groups is 4. The Balaban J connectivity index is 1.84. The standard InChI is InChI=1S/C33H46ClN4O9P/c1-21(48(44,45-5)46-6)27(36-32(43)47-20-23-15-11-8-12-16-23)30(41)35-25(17-22-13-9-7-10-14-22)28(39)31(42)37-29(40)26-18-24(34)19-38(26)33(2,3)4/h7-16,21,24-28,39H,17-20H2,1-6H3,(H,35,41)(H,36,43)(H,37,40,42)/t21?,24-,25-,26-,27?,28-/m0/s1. The number of amides is 4. The van der Waals surface area contributed by atoms with Crippen LogP contribution in [0.4, 0.5) is 4.79 Å². The van der Waals surface area contributed by atoms with Crippen molar-refractivity contribution >= 4 is 43.0 Å². The quantitative estimate of drug-likeness (QED) is 0.168. The lowest BCUT2D eigenvalue weighted by molar-refractivity contribution is -0.139. The third-order valence-corrected chi connectivity index (χ3v) is 10.8. The SMILES string of the molecule is COP(=O)(OC)C(C)C(NC(=O)OCc1ccccc1)C(=O)N[C@@H](Cc1ccccc1)[C@H](O)C(=O)NC(=O)[C@@H]1C[C@H](Cl)CN1C(C)(C)C. The van der Waals surface area contributed by atoms with Crippen LogP contribution in [0.15, 0.2) is 60.7 Å². The number of likely N-dealkylation sites (tertiary alicyclic amines) is 1. The number of alkyl halides is 1. The lowest BCUT2D eigenvalue weighted by atomic mass is 9.99. The second kappa shape index (κ2) is 17.4. The summed E-state index contributed by atoms with van der Waals surface area (Å²) in [5, 5.41) is 18.3. The summed E-state index contributed by atoms with van der Waals surface area (Å²) in [6.45, 7) is 7.51. The monoisotopic (exact) mass is 708 g/mol. The number of halogens is 1. The van der Waals surface area contributed by atoms with Crippen LogP contribution in [0.25, 0.3) is 0 Å². The number of alkyl carbamates (subject to hydrolysis) is 1. The van der Waals surface area contributed by atoms with Gasteiger partial charge < -0.3 is 29.5 Å². The molecule has 0 radical (unpaired) electrons. The number of ether oxygens (including phenoxy) is 1. The maximum atomic E-state index is 13.9. The molecule has 13 nitrogen and oxygen atoms in total. The van der Waals surface area contributed by atoms with Crippen molar-refractivity contribution in [1.82, 2.24) is 20.9 Å². The van der Waals surface area contributed by atoms with Crippen molar-refractivity contribution in [3.63, 3.8) is 0 Å². The highest BCUT2D eigenvalue weighted by Gasteiger charge is 2.44. The molecule has 0 spiro atoms. The summed E-state index contributed by atoms with van der Waals surface area (Å²) in [6.07, 6.45) is -2.64. The molecule has 2 unspecified atom stereocenters. The molecular weight excluding hydrogens is 663 g/mol. The molecule has 264 valence electrons. The van der Waals surface area contributed by atoms with Gasteiger partial charge in [0.25, 0.3) is 5.91 Å². The molecular formula is C33H46ClN4O9P. The summed E-state index contributed by atoms with van der Waals surface area (Å²) in [6, 6.07) is 14.0. The van der Waals surface area contributed by atoms with Gasteiger partial charge >= 0.3 is 13.7 Å². The van der Waals surface area contributed by atoms with E-state index in [2.05, 4.69) is 16.0 Å². The first-order valence-corrected chi connectivity index (χ1v) is 17.6.